The summed E-state index contributed by atoms with van der Waals surface area (Å²) in [6.07, 6.45) is 8.03. The quantitative estimate of drug-likeness (QED) is 0.590. The van der Waals surface area contributed by atoms with Gasteiger partial charge in [-0.05, 0) is 41.8 Å². The molecule has 0 aliphatic heterocycles. The molecule has 0 atom stereocenters. The third kappa shape index (κ3) is 4.00. The predicted octanol–water partition coefficient (Wildman–Crippen LogP) is 4.01. The van der Waals surface area contributed by atoms with Gasteiger partial charge in [0.05, 0.1) is 5.69 Å². The van der Waals surface area contributed by atoms with E-state index in [1.165, 1.54) is 5.56 Å². The molecule has 20 heavy (non-hydrogen) atoms. The number of nitrogens with zero attached hydrogens (tertiary/aromatic N) is 1. The minimum atomic E-state index is 0.277. The average Bonchev–Trinajstić information content (AvgIpc) is 2.52. The van der Waals surface area contributed by atoms with Crippen LogP contribution in [0, 0.1) is 12.3 Å². The highest BCUT2D eigenvalue weighted by Crippen LogP contribution is 2.15. The zero-order chi connectivity index (χ0) is 14.2. The summed E-state index contributed by atoms with van der Waals surface area (Å²) in [5, 5.41) is 0. The van der Waals surface area contributed by atoms with E-state index < -0.39 is 0 Å². The van der Waals surface area contributed by atoms with Crippen molar-refractivity contribution < 1.29 is 4.74 Å². The van der Waals surface area contributed by atoms with Gasteiger partial charge in [-0.25, -0.2) is 0 Å². The highest BCUT2D eigenvalue weighted by molar-refractivity contribution is 5.82. The monoisotopic (exact) mass is 263 g/mol. The Morgan fingerprint density at radius 3 is 2.70 bits per heavy atom. The van der Waals surface area contributed by atoms with Crippen LogP contribution >= 0.6 is 0 Å². The Morgan fingerprint density at radius 1 is 1.20 bits per heavy atom. The van der Waals surface area contributed by atoms with Crippen LogP contribution < -0.4 is 4.74 Å². The predicted molar refractivity (Wildman–Crippen MR) is 83.8 cm³/mol. The van der Waals surface area contributed by atoms with E-state index >= 15 is 0 Å². The number of terminal acetylenes is 1. The Hall–Kier alpha value is -2.53. The molecule has 2 aromatic carbocycles. The number of aryl methyl sites for hydroxylation is 1. The molecule has 2 aromatic rings. The Bertz CT molecular complexity index is 621. The Balaban J connectivity index is 2.08. The van der Waals surface area contributed by atoms with Gasteiger partial charge in [0, 0.05) is 6.21 Å². The van der Waals surface area contributed by atoms with E-state index in [1.807, 2.05) is 42.6 Å². The van der Waals surface area contributed by atoms with Gasteiger partial charge in [0.1, 0.15) is 12.4 Å². The molecule has 0 unspecified atom stereocenters. The van der Waals surface area contributed by atoms with Crippen molar-refractivity contribution in [3.8, 4) is 18.1 Å². The average molecular weight is 263 g/mol. The standard InChI is InChI=1S/C18H17NO/c1-3-12-20-18-7-5-6-16(13-18)14-19-17-10-8-15(4-2)9-11-17/h1,5-11,13-14H,4,12H2,2H3. The molecule has 0 aliphatic carbocycles. The fourth-order valence-electron chi connectivity index (χ4n) is 1.78. The van der Waals surface area contributed by atoms with Crippen molar-refractivity contribution in [3.05, 3.63) is 59.7 Å². The van der Waals surface area contributed by atoms with E-state index in [0.717, 1.165) is 23.4 Å². The summed E-state index contributed by atoms with van der Waals surface area (Å²) >= 11 is 0. The fraction of sp³-hybridized carbons (Fsp3) is 0.167. The van der Waals surface area contributed by atoms with Crippen LogP contribution in [-0.2, 0) is 6.42 Å². The largest absolute Gasteiger partial charge is 0.481 e. The zero-order valence-electron chi connectivity index (χ0n) is 11.5. The minimum Gasteiger partial charge on any atom is -0.481 e. The molecule has 0 saturated heterocycles. The van der Waals surface area contributed by atoms with Crippen LogP contribution in [0.25, 0.3) is 0 Å². The molecule has 0 N–H and O–H groups in total. The summed E-state index contributed by atoms with van der Waals surface area (Å²) in [5.41, 5.74) is 3.24. The van der Waals surface area contributed by atoms with E-state index in [9.17, 15) is 0 Å². The first kappa shape index (κ1) is 13.9. The van der Waals surface area contributed by atoms with Gasteiger partial charge < -0.3 is 4.74 Å². The normalized spacial score (nSPS) is 10.4. The highest BCUT2D eigenvalue weighted by Gasteiger charge is 1.95. The van der Waals surface area contributed by atoms with Gasteiger partial charge in [0.2, 0.25) is 0 Å². The topological polar surface area (TPSA) is 21.6 Å². The van der Waals surface area contributed by atoms with Crippen LogP contribution in [0.1, 0.15) is 18.1 Å². The number of hydrogen-bond donors (Lipinski definition) is 0. The van der Waals surface area contributed by atoms with Crippen molar-refractivity contribution in [2.45, 2.75) is 13.3 Å². The van der Waals surface area contributed by atoms with Crippen LogP contribution in [0.15, 0.2) is 53.5 Å². The van der Waals surface area contributed by atoms with Gasteiger partial charge >= 0.3 is 0 Å². The lowest BCUT2D eigenvalue weighted by molar-refractivity contribution is 0.370. The van der Waals surface area contributed by atoms with Crippen molar-refractivity contribution in [3.63, 3.8) is 0 Å². The summed E-state index contributed by atoms with van der Waals surface area (Å²) in [5.74, 6) is 3.21. The smallest absolute Gasteiger partial charge is 0.148 e. The molecule has 0 aliphatic rings. The first-order valence-electron chi connectivity index (χ1n) is 6.61. The lowest BCUT2D eigenvalue weighted by Gasteiger charge is -2.02. The van der Waals surface area contributed by atoms with Crippen LogP contribution in [-0.4, -0.2) is 12.8 Å². The fourth-order valence-corrected chi connectivity index (χ4v) is 1.78. The minimum absolute atomic E-state index is 0.277. The number of benzene rings is 2. The number of ether oxygens (including phenoxy) is 1. The van der Waals surface area contributed by atoms with Crippen molar-refractivity contribution >= 4 is 11.9 Å². The van der Waals surface area contributed by atoms with E-state index in [2.05, 4.69) is 30.0 Å². The maximum absolute atomic E-state index is 5.38. The van der Waals surface area contributed by atoms with E-state index in [1.54, 1.807) is 0 Å². The number of hydrogen-bond acceptors (Lipinski definition) is 2. The van der Waals surface area contributed by atoms with Crippen LogP contribution in [0.5, 0.6) is 5.75 Å². The first-order chi connectivity index (χ1) is 9.81. The molecule has 0 spiro atoms. The molecular formula is C18H17NO. The Kier molecular flexibility index (Phi) is 4.97. The molecule has 0 bridgehead atoms. The van der Waals surface area contributed by atoms with Gasteiger partial charge in [-0.2, -0.15) is 0 Å². The lowest BCUT2D eigenvalue weighted by Crippen LogP contribution is -1.93. The second-order valence-corrected chi connectivity index (χ2v) is 4.34. The maximum Gasteiger partial charge on any atom is 0.148 e. The first-order valence-corrected chi connectivity index (χ1v) is 6.61. The van der Waals surface area contributed by atoms with Crippen LogP contribution in [0.3, 0.4) is 0 Å². The van der Waals surface area contributed by atoms with Gasteiger partial charge in [0.25, 0.3) is 0 Å². The van der Waals surface area contributed by atoms with Gasteiger partial charge in [-0.3, -0.25) is 4.99 Å². The molecule has 0 saturated carbocycles. The van der Waals surface area contributed by atoms with Crippen LogP contribution in [0.4, 0.5) is 5.69 Å². The molecule has 0 amide bonds. The summed E-state index contributed by atoms with van der Waals surface area (Å²) in [6.45, 7) is 2.42. The van der Waals surface area contributed by atoms with Crippen molar-refractivity contribution in [1.82, 2.24) is 0 Å². The SMILES string of the molecule is C#CCOc1cccc(C=Nc2ccc(CC)cc2)c1. The van der Waals surface area contributed by atoms with Gasteiger partial charge in [-0.15, -0.1) is 6.42 Å². The van der Waals surface area contributed by atoms with Crippen molar-refractivity contribution in [1.29, 1.82) is 0 Å². The highest BCUT2D eigenvalue weighted by atomic mass is 16.5. The third-order valence-corrected chi connectivity index (χ3v) is 2.89. The zero-order valence-corrected chi connectivity index (χ0v) is 11.5. The van der Waals surface area contributed by atoms with E-state index in [4.69, 9.17) is 11.2 Å². The Morgan fingerprint density at radius 2 is 2.00 bits per heavy atom. The summed E-state index contributed by atoms with van der Waals surface area (Å²) in [7, 11) is 0. The summed E-state index contributed by atoms with van der Waals surface area (Å²) < 4.78 is 5.38. The summed E-state index contributed by atoms with van der Waals surface area (Å²) in [6, 6.07) is 15.9. The summed E-state index contributed by atoms with van der Waals surface area (Å²) in [4.78, 5) is 4.45. The molecular weight excluding hydrogens is 246 g/mol. The molecule has 2 rings (SSSR count). The second-order valence-electron chi connectivity index (χ2n) is 4.34. The molecule has 100 valence electrons. The Labute approximate surface area is 120 Å². The lowest BCUT2D eigenvalue weighted by atomic mass is 10.1. The van der Waals surface area contributed by atoms with Gasteiger partial charge in [0.15, 0.2) is 0 Å². The van der Waals surface area contributed by atoms with Crippen molar-refractivity contribution in [2.75, 3.05) is 6.61 Å². The maximum atomic E-state index is 5.38. The second kappa shape index (κ2) is 7.16. The molecule has 0 radical (unpaired) electrons. The van der Waals surface area contributed by atoms with Gasteiger partial charge in [-0.1, -0.05) is 37.1 Å². The third-order valence-electron chi connectivity index (χ3n) is 2.89. The molecule has 0 aromatic heterocycles. The number of aliphatic imine (C=N–C) groups is 1. The number of rotatable bonds is 5. The van der Waals surface area contributed by atoms with Crippen molar-refractivity contribution in [2.24, 2.45) is 4.99 Å². The molecule has 0 fully saturated rings. The molecule has 0 heterocycles. The van der Waals surface area contributed by atoms with Crippen LogP contribution in [0.2, 0.25) is 0 Å². The molecule has 2 heteroatoms. The molecule has 2 nitrogen and oxygen atoms in total. The van der Waals surface area contributed by atoms with E-state index in [0.29, 0.717) is 0 Å². The van der Waals surface area contributed by atoms with E-state index in [-0.39, 0.29) is 6.61 Å².